The van der Waals surface area contributed by atoms with Crippen LogP contribution in [0.1, 0.15) is 23.2 Å². The number of methoxy groups -OCH3 is 2. The number of piperazine rings is 1. The van der Waals surface area contributed by atoms with E-state index in [1.54, 1.807) is 32.4 Å². The third-order valence-corrected chi connectivity index (χ3v) is 6.47. The molecule has 0 spiro atoms. The van der Waals surface area contributed by atoms with Gasteiger partial charge in [-0.15, -0.1) is 0 Å². The molecule has 2 fully saturated rings. The summed E-state index contributed by atoms with van der Waals surface area (Å²) >= 11 is 0. The van der Waals surface area contributed by atoms with E-state index >= 15 is 0 Å². The number of piperidine rings is 1. The molecule has 0 radical (unpaired) electrons. The summed E-state index contributed by atoms with van der Waals surface area (Å²) in [6, 6.07) is 15.6. The van der Waals surface area contributed by atoms with Crippen LogP contribution in [-0.4, -0.2) is 75.1 Å². The van der Waals surface area contributed by atoms with E-state index in [0.717, 1.165) is 26.2 Å². The number of para-hydroxylation sites is 1. The number of amides is 2. The van der Waals surface area contributed by atoms with Gasteiger partial charge in [-0.2, -0.15) is 0 Å². The lowest BCUT2D eigenvalue weighted by Gasteiger charge is -2.39. The number of nitrogens with zero attached hydrogens (tertiary/aromatic N) is 3. The highest BCUT2D eigenvalue weighted by molar-refractivity contribution is 5.95. The van der Waals surface area contributed by atoms with Crippen LogP contribution >= 0.6 is 0 Å². The van der Waals surface area contributed by atoms with Crippen molar-refractivity contribution in [3.8, 4) is 11.5 Å². The molecule has 2 saturated heterocycles. The Balaban J connectivity index is 1.29. The highest BCUT2D eigenvalue weighted by Gasteiger charge is 2.32. The molecule has 0 atom stereocenters. The van der Waals surface area contributed by atoms with E-state index in [1.807, 2.05) is 28.0 Å². The number of carbonyl (C=O) groups is 2. The SMILES string of the molecule is COc1ccc(C(=O)N2CCC(C(=O)N3CCN(c4ccccc4)CC3)CC2)cc1OC. The van der Waals surface area contributed by atoms with Gasteiger partial charge in [0.1, 0.15) is 0 Å². The maximum absolute atomic E-state index is 13.1. The Kier molecular flexibility index (Phi) is 6.83. The molecule has 2 amide bonds. The maximum atomic E-state index is 13.1. The van der Waals surface area contributed by atoms with E-state index in [0.29, 0.717) is 43.0 Å². The van der Waals surface area contributed by atoms with Crippen molar-refractivity contribution in [2.75, 3.05) is 58.4 Å². The highest BCUT2D eigenvalue weighted by atomic mass is 16.5. The monoisotopic (exact) mass is 437 g/mol. The van der Waals surface area contributed by atoms with Crippen molar-refractivity contribution >= 4 is 17.5 Å². The summed E-state index contributed by atoms with van der Waals surface area (Å²) < 4.78 is 10.6. The Bertz CT molecular complexity index is 933. The fourth-order valence-electron chi connectivity index (χ4n) is 4.56. The Morgan fingerprint density at radius 3 is 2.06 bits per heavy atom. The predicted molar refractivity (Wildman–Crippen MR) is 123 cm³/mol. The summed E-state index contributed by atoms with van der Waals surface area (Å²) in [6.45, 7) is 4.39. The van der Waals surface area contributed by atoms with Crippen LogP contribution in [0.5, 0.6) is 11.5 Å². The van der Waals surface area contributed by atoms with Gasteiger partial charge in [0, 0.05) is 56.4 Å². The summed E-state index contributed by atoms with van der Waals surface area (Å²) in [6.07, 6.45) is 1.41. The molecule has 0 bridgehead atoms. The van der Waals surface area contributed by atoms with Crippen molar-refractivity contribution in [3.05, 3.63) is 54.1 Å². The number of carbonyl (C=O) groups excluding carboxylic acids is 2. The summed E-state index contributed by atoms with van der Waals surface area (Å²) in [4.78, 5) is 32.2. The molecular formula is C25H31N3O4. The number of hydrogen-bond acceptors (Lipinski definition) is 5. The molecule has 2 aromatic carbocycles. The van der Waals surface area contributed by atoms with Crippen LogP contribution in [0.4, 0.5) is 5.69 Å². The minimum absolute atomic E-state index is 0.00673. The van der Waals surface area contributed by atoms with E-state index in [-0.39, 0.29) is 17.7 Å². The lowest BCUT2D eigenvalue weighted by atomic mass is 9.94. The first-order chi connectivity index (χ1) is 15.6. The molecule has 0 N–H and O–H groups in total. The van der Waals surface area contributed by atoms with Crippen LogP contribution in [0.25, 0.3) is 0 Å². The third-order valence-electron chi connectivity index (χ3n) is 6.47. The molecule has 2 aliphatic rings. The van der Waals surface area contributed by atoms with Crippen LogP contribution in [0, 0.1) is 5.92 Å². The molecule has 2 aromatic rings. The van der Waals surface area contributed by atoms with Gasteiger partial charge in [-0.05, 0) is 43.2 Å². The number of anilines is 1. The topological polar surface area (TPSA) is 62.3 Å². The second-order valence-corrected chi connectivity index (χ2v) is 8.28. The molecule has 0 aliphatic carbocycles. The summed E-state index contributed by atoms with van der Waals surface area (Å²) in [5, 5.41) is 0. The number of ether oxygens (including phenoxy) is 2. The van der Waals surface area contributed by atoms with Crippen LogP contribution in [0.15, 0.2) is 48.5 Å². The Morgan fingerprint density at radius 1 is 0.781 bits per heavy atom. The van der Waals surface area contributed by atoms with Gasteiger partial charge < -0.3 is 24.2 Å². The van der Waals surface area contributed by atoms with Crippen molar-refractivity contribution < 1.29 is 19.1 Å². The van der Waals surface area contributed by atoms with E-state index in [4.69, 9.17) is 9.47 Å². The van der Waals surface area contributed by atoms with Crippen LogP contribution in [0.2, 0.25) is 0 Å². The molecule has 0 aromatic heterocycles. The van der Waals surface area contributed by atoms with E-state index in [9.17, 15) is 9.59 Å². The first-order valence-corrected chi connectivity index (χ1v) is 11.2. The molecule has 2 aliphatic heterocycles. The van der Waals surface area contributed by atoms with Crippen LogP contribution in [0.3, 0.4) is 0 Å². The number of benzene rings is 2. The Labute approximate surface area is 189 Å². The van der Waals surface area contributed by atoms with Gasteiger partial charge in [0.2, 0.25) is 5.91 Å². The van der Waals surface area contributed by atoms with Gasteiger partial charge in [-0.1, -0.05) is 18.2 Å². The molecule has 170 valence electrons. The number of hydrogen-bond donors (Lipinski definition) is 0. The molecule has 32 heavy (non-hydrogen) atoms. The van der Waals surface area contributed by atoms with Crippen LogP contribution < -0.4 is 14.4 Å². The Morgan fingerprint density at radius 2 is 1.44 bits per heavy atom. The minimum atomic E-state index is -0.0340. The van der Waals surface area contributed by atoms with Gasteiger partial charge in [0.25, 0.3) is 5.91 Å². The van der Waals surface area contributed by atoms with Crippen molar-refractivity contribution in [2.24, 2.45) is 5.92 Å². The zero-order valence-electron chi connectivity index (χ0n) is 18.8. The van der Waals surface area contributed by atoms with E-state index in [1.165, 1.54) is 5.69 Å². The van der Waals surface area contributed by atoms with Gasteiger partial charge >= 0.3 is 0 Å². The van der Waals surface area contributed by atoms with Gasteiger partial charge in [-0.3, -0.25) is 9.59 Å². The fraction of sp³-hybridized carbons (Fsp3) is 0.440. The van der Waals surface area contributed by atoms with Crippen LogP contribution in [-0.2, 0) is 4.79 Å². The average Bonchev–Trinajstić information content (AvgIpc) is 2.88. The van der Waals surface area contributed by atoms with Crippen molar-refractivity contribution in [1.82, 2.24) is 9.80 Å². The van der Waals surface area contributed by atoms with Crippen molar-refractivity contribution in [3.63, 3.8) is 0 Å². The van der Waals surface area contributed by atoms with Crippen molar-refractivity contribution in [2.45, 2.75) is 12.8 Å². The zero-order valence-corrected chi connectivity index (χ0v) is 18.8. The van der Waals surface area contributed by atoms with Crippen molar-refractivity contribution in [1.29, 1.82) is 0 Å². The first-order valence-electron chi connectivity index (χ1n) is 11.2. The zero-order chi connectivity index (χ0) is 22.5. The standard InChI is InChI=1S/C25H31N3O4/c1-31-22-9-8-20(18-23(22)32-2)25(30)27-12-10-19(11-13-27)24(29)28-16-14-26(15-17-28)21-6-4-3-5-7-21/h3-9,18-19H,10-17H2,1-2H3. The smallest absolute Gasteiger partial charge is 0.253 e. The third kappa shape index (κ3) is 4.66. The molecule has 7 heteroatoms. The Hall–Kier alpha value is -3.22. The average molecular weight is 438 g/mol. The maximum Gasteiger partial charge on any atom is 0.253 e. The molecule has 4 rings (SSSR count). The van der Waals surface area contributed by atoms with Gasteiger partial charge in [-0.25, -0.2) is 0 Å². The molecule has 0 unspecified atom stereocenters. The molecule has 2 heterocycles. The fourth-order valence-corrected chi connectivity index (χ4v) is 4.56. The number of likely N-dealkylation sites (tertiary alicyclic amines) is 1. The lowest BCUT2D eigenvalue weighted by molar-refractivity contribution is -0.137. The largest absolute Gasteiger partial charge is 0.493 e. The first kappa shape index (κ1) is 22.0. The highest BCUT2D eigenvalue weighted by Crippen LogP contribution is 2.29. The summed E-state index contributed by atoms with van der Waals surface area (Å²) in [5.74, 6) is 1.33. The normalized spacial score (nSPS) is 17.2. The molecular weight excluding hydrogens is 406 g/mol. The predicted octanol–water partition coefficient (Wildman–Crippen LogP) is 2.90. The van der Waals surface area contributed by atoms with Gasteiger partial charge in [0.15, 0.2) is 11.5 Å². The number of rotatable bonds is 5. The van der Waals surface area contributed by atoms with E-state index in [2.05, 4.69) is 17.0 Å². The van der Waals surface area contributed by atoms with Gasteiger partial charge in [0.05, 0.1) is 14.2 Å². The lowest BCUT2D eigenvalue weighted by Crippen LogP contribution is -2.52. The second kappa shape index (κ2) is 9.94. The molecule has 0 saturated carbocycles. The quantitative estimate of drug-likeness (QED) is 0.720. The summed E-state index contributed by atoms with van der Waals surface area (Å²) in [5.41, 5.74) is 1.78. The molecule has 7 nitrogen and oxygen atoms in total. The van der Waals surface area contributed by atoms with E-state index < -0.39 is 0 Å². The second-order valence-electron chi connectivity index (χ2n) is 8.28. The minimum Gasteiger partial charge on any atom is -0.493 e. The summed E-state index contributed by atoms with van der Waals surface area (Å²) in [7, 11) is 3.13.